The molecule has 0 radical (unpaired) electrons. The third kappa shape index (κ3) is 6.48. The minimum absolute atomic E-state index is 0. The van der Waals surface area contributed by atoms with E-state index in [9.17, 15) is 5.11 Å². The highest BCUT2D eigenvalue weighted by Crippen LogP contribution is 2.38. The smallest absolute Gasteiger partial charge is 0.203 e. The molecule has 160 valence electrons. The zero-order valence-electron chi connectivity index (χ0n) is 17.2. The Balaban J connectivity index is 0.00000420. The first-order valence-electron chi connectivity index (χ1n) is 8.65. The first kappa shape index (κ1) is 24.5. The van der Waals surface area contributed by atoms with Crippen molar-refractivity contribution in [3.63, 3.8) is 0 Å². The van der Waals surface area contributed by atoms with Gasteiger partial charge in [0.05, 0.1) is 28.4 Å². The summed E-state index contributed by atoms with van der Waals surface area (Å²) in [6.07, 6.45) is 0. The number of methoxy groups -OCH3 is 4. The number of phenolic OH excluding ortho intramolecular Hbond substituents is 1. The van der Waals surface area contributed by atoms with Gasteiger partial charge in [-0.25, -0.2) is 0 Å². The summed E-state index contributed by atoms with van der Waals surface area (Å²) in [4.78, 5) is 4.20. The lowest BCUT2D eigenvalue weighted by Crippen LogP contribution is -2.36. The monoisotopic (exact) mass is 517 g/mol. The van der Waals surface area contributed by atoms with E-state index in [0.29, 0.717) is 47.6 Å². The van der Waals surface area contributed by atoms with Crippen molar-refractivity contribution in [3.8, 4) is 28.7 Å². The Bertz CT molecular complexity index is 805. The van der Waals surface area contributed by atoms with Crippen molar-refractivity contribution in [3.05, 3.63) is 41.5 Å². The summed E-state index contributed by atoms with van der Waals surface area (Å²) < 4.78 is 21.3. The molecule has 3 N–H and O–H groups in total. The molecule has 0 bridgehead atoms. The summed E-state index contributed by atoms with van der Waals surface area (Å²) in [5.41, 5.74) is 1.64. The van der Waals surface area contributed by atoms with Crippen LogP contribution in [0.15, 0.2) is 35.3 Å². The van der Waals surface area contributed by atoms with Gasteiger partial charge in [0, 0.05) is 25.7 Å². The molecule has 0 saturated heterocycles. The number of ether oxygens (including phenoxy) is 4. The quantitative estimate of drug-likeness (QED) is 0.282. The number of aromatic hydroxyl groups is 1. The Kier molecular flexibility index (Phi) is 10.2. The maximum atomic E-state index is 9.99. The van der Waals surface area contributed by atoms with Gasteiger partial charge in [0.1, 0.15) is 11.5 Å². The van der Waals surface area contributed by atoms with E-state index in [0.717, 1.165) is 5.56 Å². The Morgan fingerprint density at radius 1 is 0.897 bits per heavy atom. The van der Waals surface area contributed by atoms with Crippen molar-refractivity contribution in [2.24, 2.45) is 4.99 Å². The molecule has 0 aliphatic carbocycles. The molecule has 0 aliphatic rings. The first-order valence-corrected chi connectivity index (χ1v) is 8.65. The number of hydrogen-bond acceptors (Lipinski definition) is 6. The molecular formula is C20H28IN3O5. The average molecular weight is 517 g/mol. The third-order valence-corrected chi connectivity index (χ3v) is 4.14. The molecule has 0 atom stereocenters. The van der Waals surface area contributed by atoms with Crippen molar-refractivity contribution in [1.82, 2.24) is 10.6 Å². The molecule has 2 aromatic carbocycles. The molecule has 29 heavy (non-hydrogen) atoms. The van der Waals surface area contributed by atoms with E-state index >= 15 is 0 Å². The summed E-state index contributed by atoms with van der Waals surface area (Å²) >= 11 is 0. The lowest BCUT2D eigenvalue weighted by atomic mass is 10.1. The van der Waals surface area contributed by atoms with Gasteiger partial charge < -0.3 is 34.7 Å². The minimum Gasteiger partial charge on any atom is -0.508 e. The fourth-order valence-corrected chi connectivity index (χ4v) is 2.65. The number of halogens is 1. The van der Waals surface area contributed by atoms with Crippen LogP contribution >= 0.6 is 24.0 Å². The second kappa shape index (κ2) is 12.1. The number of nitrogens with one attached hydrogen (secondary N) is 2. The molecular weight excluding hydrogens is 489 g/mol. The van der Waals surface area contributed by atoms with Crippen molar-refractivity contribution in [1.29, 1.82) is 0 Å². The van der Waals surface area contributed by atoms with Crippen LogP contribution in [0.1, 0.15) is 11.1 Å². The number of benzene rings is 2. The van der Waals surface area contributed by atoms with Gasteiger partial charge in [-0.05, 0) is 35.9 Å². The average Bonchev–Trinajstić information content (AvgIpc) is 2.73. The molecule has 8 nitrogen and oxygen atoms in total. The molecule has 0 amide bonds. The molecule has 0 fully saturated rings. The molecule has 0 unspecified atom stereocenters. The summed E-state index contributed by atoms with van der Waals surface area (Å²) in [6.45, 7) is 0.873. The van der Waals surface area contributed by atoms with Crippen LogP contribution in [0.5, 0.6) is 28.7 Å². The van der Waals surface area contributed by atoms with E-state index in [1.54, 1.807) is 53.7 Å². The molecule has 0 saturated carbocycles. The normalized spacial score (nSPS) is 10.6. The van der Waals surface area contributed by atoms with Crippen LogP contribution in [0.25, 0.3) is 0 Å². The van der Waals surface area contributed by atoms with Gasteiger partial charge in [0.25, 0.3) is 0 Å². The van der Waals surface area contributed by atoms with Crippen molar-refractivity contribution >= 4 is 29.9 Å². The van der Waals surface area contributed by atoms with E-state index in [-0.39, 0.29) is 29.7 Å². The molecule has 0 aliphatic heterocycles. The maximum Gasteiger partial charge on any atom is 0.203 e. The molecule has 0 spiro atoms. The Morgan fingerprint density at radius 2 is 1.52 bits per heavy atom. The van der Waals surface area contributed by atoms with Gasteiger partial charge in [0.2, 0.25) is 5.75 Å². The molecule has 2 rings (SSSR count). The van der Waals surface area contributed by atoms with Crippen LogP contribution < -0.4 is 29.6 Å². The van der Waals surface area contributed by atoms with Gasteiger partial charge in [-0.3, -0.25) is 4.99 Å². The molecule has 0 aromatic heterocycles. The van der Waals surface area contributed by atoms with Crippen LogP contribution in [-0.4, -0.2) is 46.6 Å². The minimum atomic E-state index is 0. The van der Waals surface area contributed by atoms with E-state index < -0.39 is 0 Å². The van der Waals surface area contributed by atoms with E-state index in [1.165, 1.54) is 0 Å². The number of rotatable bonds is 8. The SMILES string of the molecule is CN=C(NCc1cc(OC)c(OC)c(OC)c1)NCc1cc(OC)ccc1O.I. The summed E-state index contributed by atoms with van der Waals surface area (Å²) in [5.74, 6) is 3.16. The van der Waals surface area contributed by atoms with Crippen LogP contribution in [0.2, 0.25) is 0 Å². The highest BCUT2D eigenvalue weighted by molar-refractivity contribution is 14.0. The fraction of sp³-hybridized carbons (Fsp3) is 0.350. The number of aliphatic imine (C=N–C) groups is 1. The fourth-order valence-electron chi connectivity index (χ4n) is 2.65. The second-order valence-electron chi connectivity index (χ2n) is 5.81. The van der Waals surface area contributed by atoms with E-state index in [2.05, 4.69) is 15.6 Å². The Hall–Kier alpha value is -2.56. The highest BCUT2D eigenvalue weighted by Gasteiger charge is 2.13. The maximum absolute atomic E-state index is 9.99. The van der Waals surface area contributed by atoms with Crippen molar-refractivity contribution < 1.29 is 24.1 Å². The first-order chi connectivity index (χ1) is 13.6. The molecule has 2 aromatic rings. The van der Waals surface area contributed by atoms with Gasteiger partial charge in [-0.15, -0.1) is 24.0 Å². The predicted octanol–water partition coefficient (Wildman–Crippen LogP) is 2.91. The van der Waals surface area contributed by atoms with Crippen LogP contribution in [0.3, 0.4) is 0 Å². The van der Waals surface area contributed by atoms with E-state index in [1.807, 2.05) is 12.1 Å². The standard InChI is InChI=1S/C20H27N3O5.HI/c1-21-20(23-12-14-10-15(25-2)6-7-16(14)24)22-11-13-8-17(26-3)19(28-5)18(9-13)27-4;/h6-10,24H,11-12H2,1-5H3,(H2,21,22,23);1H. The topological polar surface area (TPSA) is 93.6 Å². The second-order valence-corrected chi connectivity index (χ2v) is 5.81. The molecule has 9 heteroatoms. The summed E-state index contributed by atoms with van der Waals surface area (Å²) in [6, 6.07) is 8.82. The number of hydrogen-bond donors (Lipinski definition) is 3. The third-order valence-electron chi connectivity index (χ3n) is 4.14. The number of guanidine groups is 1. The van der Waals surface area contributed by atoms with Gasteiger partial charge in [0.15, 0.2) is 17.5 Å². The van der Waals surface area contributed by atoms with Crippen molar-refractivity contribution in [2.45, 2.75) is 13.1 Å². The number of nitrogens with zero attached hydrogens (tertiary/aromatic N) is 1. The van der Waals surface area contributed by atoms with E-state index in [4.69, 9.17) is 18.9 Å². The number of phenols is 1. The predicted molar refractivity (Wildman–Crippen MR) is 123 cm³/mol. The Labute approximate surface area is 188 Å². The summed E-state index contributed by atoms with van der Waals surface area (Å²) in [7, 11) is 7.99. The van der Waals surface area contributed by atoms with Gasteiger partial charge in [-0.1, -0.05) is 0 Å². The lowest BCUT2D eigenvalue weighted by molar-refractivity contribution is 0.323. The highest BCUT2D eigenvalue weighted by atomic mass is 127. The zero-order valence-corrected chi connectivity index (χ0v) is 19.6. The van der Waals surface area contributed by atoms with Crippen LogP contribution in [0.4, 0.5) is 0 Å². The van der Waals surface area contributed by atoms with Crippen molar-refractivity contribution in [2.75, 3.05) is 35.5 Å². The van der Waals surface area contributed by atoms with Gasteiger partial charge >= 0.3 is 0 Å². The Morgan fingerprint density at radius 3 is 2.03 bits per heavy atom. The largest absolute Gasteiger partial charge is 0.508 e. The van der Waals surface area contributed by atoms with Crippen LogP contribution in [0, 0.1) is 0 Å². The molecule has 0 heterocycles. The van der Waals surface area contributed by atoms with Gasteiger partial charge in [-0.2, -0.15) is 0 Å². The van der Waals surface area contributed by atoms with Crippen LogP contribution in [-0.2, 0) is 13.1 Å². The zero-order chi connectivity index (χ0) is 20.5. The lowest BCUT2D eigenvalue weighted by Gasteiger charge is -2.16. The summed E-state index contributed by atoms with van der Waals surface area (Å²) in [5, 5.41) is 16.4.